The van der Waals surface area contributed by atoms with Gasteiger partial charge < -0.3 is 15.8 Å². The summed E-state index contributed by atoms with van der Waals surface area (Å²) in [5.74, 6) is 0.807. The molecule has 14 heavy (non-hydrogen) atoms. The molecule has 1 aromatic rings. The van der Waals surface area contributed by atoms with Crippen LogP contribution in [-0.2, 0) is 0 Å². The number of nitrogen functional groups attached to an aromatic ring is 1. The van der Waals surface area contributed by atoms with Crippen LogP contribution in [0.2, 0.25) is 0 Å². The minimum absolute atomic E-state index is 0.272. The minimum atomic E-state index is 0.272. The van der Waals surface area contributed by atoms with Crippen LogP contribution in [0.1, 0.15) is 12.8 Å². The Labute approximate surface area is 84.3 Å². The predicted octanol–water partition coefficient (Wildman–Crippen LogP) is 1.40. The number of ether oxygens (including phenoxy) is 1. The Morgan fingerprint density at radius 3 is 2.93 bits per heavy atom. The zero-order chi connectivity index (χ0) is 9.80. The number of piperidine rings is 1. The lowest BCUT2D eigenvalue weighted by Crippen LogP contribution is -2.37. The van der Waals surface area contributed by atoms with E-state index in [1.807, 2.05) is 24.3 Å². The Bertz CT molecular complexity index is 295. The molecule has 1 saturated heterocycles. The van der Waals surface area contributed by atoms with Crippen LogP contribution in [0, 0.1) is 0 Å². The van der Waals surface area contributed by atoms with E-state index >= 15 is 0 Å². The topological polar surface area (TPSA) is 47.3 Å². The molecule has 0 radical (unpaired) electrons. The summed E-state index contributed by atoms with van der Waals surface area (Å²) >= 11 is 0. The highest BCUT2D eigenvalue weighted by Gasteiger charge is 2.14. The lowest BCUT2D eigenvalue weighted by atomic mass is 10.1. The van der Waals surface area contributed by atoms with Crippen LogP contribution in [0.3, 0.4) is 0 Å². The van der Waals surface area contributed by atoms with Gasteiger partial charge in [0.25, 0.3) is 0 Å². The monoisotopic (exact) mass is 192 g/mol. The van der Waals surface area contributed by atoms with Gasteiger partial charge >= 0.3 is 0 Å². The van der Waals surface area contributed by atoms with Gasteiger partial charge in [-0.05, 0) is 31.5 Å². The molecule has 0 aromatic heterocycles. The Hall–Kier alpha value is -1.22. The highest BCUT2D eigenvalue weighted by molar-refractivity contribution is 5.51. The third kappa shape index (κ3) is 2.17. The predicted molar refractivity (Wildman–Crippen MR) is 57.4 cm³/mol. The van der Waals surface area contributed by atoms with E-state index < -0.39 is 0 Å². The Morgan fingerprint density at radius 1 is 1.36 bits per heavy atom. The molecule has 3 N–H and O–H groups in total. The van der Waals surface area contributed by atoms with Crippen molar-refractivity contribution in [1.82, 2.24) is 5.32 Å². The molecule has 0 amide bonds. The van der Waals surface area contributed by atoms with Crippen LogP contribution in [0.15, 0.2) is 24.3 Å². The first-order valence-electron chi connectivity index (χ1n) is 5.08. The maximum atomic E-state index is 5.80. The van der Waals surface area contributed by atoms with Crippen molar-refractivity contribution in [2.45, 2.75) is 18.9 Å². The summed E-state index contributed by atoms with van der Waals surface area (Å²) in [6.45, 7) is 2.03. The summed E-state index contributed by atoms with van der Waals surface area (Å²) in [6.07, 6.45) is 2.56. The average molecular weight is 192 g/mol. The van der Waals surface area contributed by atoms with Crippen molar-refractivity contribution in [3.05, 3.63) is 24.3 Å². The van der Waals surface area contributed by atoms with E-state index in [9.17, 15) is 0 Å². The second-order valence-corrected chi connectivity index (χ2v) is 3.62. The van der Waals surface area contributed by atoms with Gasteiger partial charge in [-0.25, -0.2) is 0 Å². The van der Waals surface area contributed by atoms with Crippen LogP contribution in [-0.4, -0.2) is 19.2 Å². The molecule has 1 aliphatic heterocycles. The lowest BCUT2D eigenvalue weighted by Gasteiger charge is -2.24. The van der Waals surface area contributed by atoms with Crippen LogP contribution >= 0.6 is 0 Å². The van der Waals surface area contributed by atoms with Gasteiger partial charge in [-0.1, -0.05) is 12.1 Å². The molecule has 3 nitrogen and oxygen atoms in total. The normalized spacial score (nSPS) is 21.9. The van der Waals surface area contributed by atoms with Crippen LogP contribution in [0.5, 0.6) is 5.75 Å². The molecule has 1 fully saturated rings. The van der Waals surface area contributed by atoms with Crippen molar-refractivity contribution in [3.8, 4) is 5.75 Å². The number of hydrogen-bond donors (Lipinski definition) is 2. The zero-order valence-electron chi connectivity index (χ0n) is 8.20. The lowest BCUT2D eigenvalue weighted by molar-refractivity contribution is 0.168. The highest BCUT2D eigenvalue weighted by Crippen LogP contribution is 2.22. The molecule has 1 aliphatic rings. The summed E-state index contributed by atoms with van der Waals surface area (Å²) in [4.78, 5) is 0. The number of rotatable bonds is 2. The number of hydrogen-bond acceptors (Lipinski definition) is 3. The second-order valence-electron chi connectivity index (χ2n) is 3.62. The maximum absolute atomic E-state index is 5.80. The molecule has 1 atom stereocenters. The molecule has 0 bridgehead atoms. The first kappa shape index (κ1) is 9.34. The standard InChI is InChI=1S/C11H16N2O/c12-10-5-1-2-6-11(10)14-9-4-3-7-13-8-9/h1-2,5-6,9,13H,3-4,7-8,12H2. The van der Waals surface area contributed by atoms with Crippen molar-refractivity contribution in [3.63, 3.8) is 0 Å². The number of nitrogens with two attached hydrogens (primary N) is 1. The van der Waals surface area contributed by atoms with E-state index in [2.05, 4.69) is 5.32 Å². The quantitative estimate of drug-likeness (QED) is 0.696. The van der Waals surface area contributed by atoms with Crippen molar-refractivity contribution >= 4 is 5.69 Å². The largest absolute Gasteiger partial charge is 0.487 e. The highest BCUT2D eigenvalue weighted by atomic mass is 16.5. The second kappa shape index (κ2) is 4.33. The van der Waals surface area contributed by atoms with Gasteiger partial charge in [-0.15, -0.1) is 0 Å². The van der Waals surface area contributed by atoms with E-state index in [0.717, 1.165) is 30.9 Å². The summed E-state index contributed by atoms with van der Waals surface area (Å²) in [5.41, 5.74) is 6.51. The van der Waals surface area contributed by atoms with Crippen molar-refractivity contribution in [1.29, 1.82) is 0 Å². The van der Waals surface area contributed by atoms with E-state index in [0.29, 0.717) is 0 Å². The van der Waals surface area contributed by atoms with Gasteiger partial charge in [-0.2, -0.15) is 0 Å². The van der Waals surface area contributed by atoms with Gasteiger partial charge in [0.2, 0.25) is 0 Å². The third-order valence-electron chi connectivity index (χ3n) is 2.46. The van der Waals surface area contributed by atoms with Crippen LogP contribution < -0.4 is 15.8 Å². The van der Waals surface area contributed by atoms with Gasteiger partial charge in [0.05, 0.1) is 5.69 Å². The molecule has 3 heteroatoms. The molecule has 76 valence electrons. The molecule has 2 rings (SSSR count). The van der Waals surface area contributed by atoms with Gasteiger partial charge in [0, 0.05) is 6.54 Å². The SMILES string of the molecule is Nc1ccccc1OC1CCCNC1. The van der Waals surface area contributed by atoms with E-state index in [-0.39, 0.29) is 6.10 Å². The van der Waals surface area contributed by atoms with Crippen molar-refractivity contribution < 1.29 is 4.74 Å². The summed E-state index contributed by atoms with van der Waals surface area (Å²) < 4.78 is 5.80. The summed E-state index contributed by atoms with van der Waals surface area (Å²) in [7, 11) is 0. The Kier molecular flexibility index (Phi) is 2.89. The summed E-state index contributed by atoms with van der Waals surface area (Å²) in [6, 6.07) is 7.65. The summed E-state index contributed by atoms with van der Waals surface area (Å²) in [5, 5.41) is 3.31. The van der Waals surface area contributed by atoms with Gasteiger partial charge in [0.15, 0.2) is 0 Å². The molecule has 1 unspecified atom stereocenters. The number of para-hydroxylation sites is 2. The molecule has 0 saturated carbocycles. The van der Waals surface area contributed by atoms with Crippen LogP contribution in [0.25, 0.3) is 0 Å². The number of anilines is 1. The van der Waals surface area contributed by atoms with Crippen LogP contribution in [0.4, 0.5) is 5.69 Å². The third-order valence-corrected chi connectivity index (χ3v) is 2.46. The molecule has 0 spiro atoms. The first-order chi connectivity index (χ1) is 6.86. The van der Waals surface area contributed by atoms with E-state index in [1.54, 1.807) is 0 Å². The van der Waals surface area contributed by atoms with Crippen molar-refractivity contribution in [2.75, 3.05) is 18.8 Å². The Morgan fingerprint density at radius 2 is 2.21 bits per heavy atom. The molecule has 1 aromatic carbocycles. The van der Waals surface area contributed by atoms with Gasteiger partial charge in [0.1, 0.15) is 11.9 Å². The van der Waals surface area contributed by atoms with E-state index in [4.69, 9.17) is 10.5 Å². The molecule has 1 heterocycles. The fourth-order valence-corrected chi connectivity index (χ4v) is 1.69. The zero-order valence-corrected chi connectivity index (χ0v) is 8.20. The van der Waals surface area contributed by atoms with Crippen molar-refractivity contribution in [2.24, 2.45) is 0 Å². The van der Waals surface area contributed by atoms with E-state index in [1.165, 1.54) is 6.42 Å². The fraction of sp³-hybridized carbons (Fsp3) is 0.455. The fourth-order valence-electron chi connectivity index (χ4n) is 1.69. The maximum Gasteiger partial charge on any atom is 0.142 e. The molecular weight excluding hydrogens is 176 g/mol. The van der Waals surface area contributed by atoms with Gasteiger partial charge in [-0.3, -0.25) is 0 Å². The minimum Gasteiger partial charge on any atom is -0.487 e. The first-order valence-corrected chi connectivity index (χ1v) is 5.08. The smallest absolute Gasteiger partial charge is 0.142 e. The Balaban J connectivity index is 1.99. The molecule has 0 aliphatic carbocycles. The molecular formula is C11H16N2O. The average Bonchev–Trinajstić information content (AvgIpc) is 2.23. The number of benzene rings is 1. The number of nitrogens with one attached hydrogen (secondary N) is 1.